The minimum atomic E-state index is -4.75. The minimum Gasteiger partial charge on any atom is -0.477 e. The summed E-state index contributed by atoms with van der Waals surface area (Å²) < 4.78 is 67.2. The fraction of sp³-hybridized carbons (Fsp3) is 0.321. The molecule has 1 aliphatic heterocycles. The molecule has 1 fully saturated rings. The number of nitrogens with one attached hydrogen (secondary N) is 2. The summed E-state index contributed by atoms with van der Waals surface area (Å²) in [5, 5.41) is 22.9. The lowest BCUT2D eigenvalue weighted by atomic mass is 10.0. The topological polar surface area (TPSA) is 171 Å². The van der Waals surface area contributed by atoms with Crippen molar-refractivity contribution < 1.29 is 36.6 Å². The number of aromatic carboxylic acids is 1. The number of aromatic nitrogens is 2. The van der Waals surface area contributed by atoms with Gasteiger partial charge >= 0.3 is 12.1 Å². The molecule has 0 saturated carbocycles. The molecule has 1 unspecified atom stereocenters. The number of fused-ring (bicyclic) bond motifs is 1. The maximum atomic E-state index is 13.9. The molecule has 0 radical (unpaired) electrons. The Morgan fingerprint density at radius 3 is 2.52 bits per heavy atom. The van der Waals surface area contributed by atoms with Gasteiger partial charge in [-0.1, -0.05) is 18.2 Å². The number of halogens is 3. The number of carboxylic acids is 1. The second kappa shape index (κ2) is 12.2. The normalized spacial score (nSPS) is 15.4. The van der Waals surface area contributed by atoms with Gasteiger partial charge in [-0.3, -0.25) is 9.71 Å². The number of carboxylic acid groups (broad SMARTS) is 1. The molecule has 1 aromatic carbocycles. The fourth-order valence-corrected chi connectivity index (χ4v) is 6.61. The van der Waals surface area contributed by atoms with Crippen molar-refractivity contribution in [2.75, 3.05) is 41.2 Å². The Morgan fingerprint density at radius 2 is 1.91 bits per heavy atom. The molecule has 6 N–H and O–H groups in total. The minimum absolute atomic E-state index is 0.00734. The number of thiophene rings is 1. The molecule has 11 nitrogen and oxygen atoms in total. The highest BCUT2D eigenvalue weighted by Crippen LogP contribution is 2.43. The molecule has 234 valence electrons. The van der Waals surface area contributed by atoms with E-state index in [0.717, 1.165) is 23.4 Å². The third-order valence-electron chi connectivity index (χ3n) is 7.23. The molecule has 0 spiro atoms. The summed E-state index contributed by atoms with van der Waals surface area (Å²) in [5.74, 6) is -1.31. The van der Waals surface area contributed by atoms with Crippen LogP contribution in [0.2, 0.25) is 0 Å². The Balaban J connectivity index is 1.20. The van der Waals surface area contributed by atoms with Crippen molar-refractivity contribution >= 4 is 54.7 Å². The number of hydrogen-bond acceptors (Lipinski definition) is 10. The number of nitrogens with two attached hydrogens (primary N) is 1. The summed E-state index contributed by atoms with van der Waals surface area (Å²) in [5.41, 5.74) is 6.66. The first-order valence-electron chi connectivity index (χ1n) is 13.4. The predicted molar refractivity (Wildman–Crippen MR) is 162 cm³/mol. The third kappa shape index (κ3) is 7.04. The van der Waals surface area contributed by atoms with Gasteiger partial charge in [0.25, 0.3) is 0 Å². The standard InChI is InChI=1S/C28H29F3N6O5S2/c1-44(41,42)36-18-4-2-3-15(11-18)16-5-6-20(34-13-16)21(38)14-33-17-7-9-37(10-8-17)22-12-19(28(29,30)31)23-24(32)25(27(39)40)43-26(23)35-22/h2-6,11-13,17,21,33,36,38H,7-10,14,32H2,1H3,(H,39,40). The van der Waals surface area contributed by atoms with Crippen LogP contribution in [0.4, 0.5) is 30.4 Å². The predicted octanol–water partition coefficient (Wildman–Crippen LogP) is 4.32. The molecule has 4 aromatic rings. The number of anilines is 3. The van der Waals surface area contributed by atoms with Gasteiger partial charge in [0.1, 0.15) is 21.6 Å². The molecule has 4 heterocycles. The number of carbonyl (C=O) groups is 1. The molecule has 3 aromatic heterocycles. The van der Waals surface area contributed by atoms with Crippen LogP contribution in [0.25, 0.3) is 21.3 Å². The third-order valence-corrected chi connectivity index (χ3v) is 8.92. The first kappa shape index (κ1) is 31.4. The van der Waals surface area contributed by atoms with E-state index in [-0.39, 0.29) is 28.1 Å². The molecule has 1 aliphatic rings. The van der Waals surface area contributed by atoms with Crippen molar-refractivity contribution in [3.05, 3.63) is 64.8 Å². The van der Waals surface area contributed by atoms with Crippen molar-refractivity contribution in [1.82, 2.24) is 15.3 Å². The molecular formula is C28H29F3N6O5S2. The number of aliphatic hydroxyl groups is 1. The SMILES string of the molecule is CS(=O)(=O)Nc1cccc(-c2ccc(C(O)CNC3CCN(c4cc(C(F)(F)F)c5c(N)c(C(=O)O)sc5n4)CC3)nc2)c1. The number of alkyl halides is 3. The summed E-state index contributed by atoms with van der Waals surface area (Å²) in [6, 6.07) is 11.2. The van der Waals surface area contributed by atoms with E-state index in [4.69, 9.17) is 5.73 Å². The maximum absolute atomic E-state index is 13.9. The van der Waals surface area contributed by atoms with Gasteiger partial charge in [0.2, 0.25) is 10.0 Å². The summed E-state index contributed by atoms with van der Waals surface area (Å²) in [7, 11) is -3.42. The zero-order valence-corrected chi connectivity index (χ0v) is 24.9. The van der Waals surface area contributed by atoms with Gasteiger partial charge in [-0.15, -0.1) is 11.3 Å². The Kier molecular flexibility index (Phi) is 8.71. The van der Waals surface area contributed by atoms with E-state index in [9.17, 15) is 36.6 Å². The Bertz CT molecular complexity index is 1790. The first-order valence-corrected chi connectivity index (χ1v) is 16.1. The van der Waals surface area contributed by atoms with Gasteiger partial charge in [0, 0.05) is 48.5 Å². The van der Waals surface area contributed by atoms with Gasteiger partial charge < -0.3 is 26.2 Å². The molecular weight excluding hydrogens is 621 g/mol. The number of pyridine rings is 2. The molecule has 16 heteroatoms. The Labute approximate surface area is 254 Å². The van der Waals surface area contributed by atoms with Crippen molar-refractivity contribution in [2.24, 2.45) is 0 Å². The fourth-order valence-electron chi connectivity index (χ4n) is 5.10. The van der Waals surface area contributed by atoms with E-state index < -0.39 is 44.9 Å². The van der Waals surface area contributed by atoms with Crippen LogP contribution < -0.4 is 20.7 Å². The van der Waals surface area contributed by atoms with Crippen LogP contribution in [-0.2, 0) is 16.2 Å². The lowest BCUT2D eigenvalue weighted by Crippen LogP contribution is -2.44. The van der Waals surface area contributed by atoms with Crippen LogP contribution in [-0.4, -0.2) is 66.5 Å². The number of benzene rings is 1. The average molecular weight is 651 g/mol. The van der Waals surface area contributed by atoms with E-state index in [0.29, 0.717) is 48.6 Å². The van der Waals surface area contributed by atoms with Crippen LogP contribution in [0.1, 0.15) is 39.9 Å². The van der Waals surface area contributed by atoms with E-state index >= 15 is 0 Å². The second-order valence-corrected chi connectivity index (χ2v) is 13.2. The largest absolute Gasteiger partial charge is 0.477 e. The summed E-state index contributed by atoms with van der Waals surface area (Å²) in [6.45, 7) is 1.01. The quantitative estimate of drug-likeness (QED) is 0.176. The second-order valence-electron chi connectivity index (χ2n) is 10.5. The van der Waals surface area contributed by atoms with Gasteiger partial charge in [-0.25, -0.2) is 18.2 Å². The van der Waals surface area contributed by atoms with Crippen molar-refractivity contribution in [3.63, 3.8) is 0 Å². The van der Waals surface area contributed by atoms with Gasteiger partial charge in [-0.05, 0) is 42.7 Å². The number of nitrogen functional groups attached to an aromatic ring is 1. The number of rotatable bonds is 9. The van der Waals surface area contributed by atoms with Crippen molar-refractivity contribution in [3.8, 4) is 11.1 Å². The van der Waals surface area contributed by atoms with Crippen LogP contribution in [0.15, 0.2) is 48.7 Å². The average Bonchev–Trinajstić information content (AvgIpc) is 3.31. The highest BCUT2D eigenvalue weighted by atomic mass is 32.2. The first-order chi connectivity index (χ1) is 20.7. The lowest BCUT2D eigenvalue weighted by Gasteiger charge is -2.34. The molecule has 44 heavy (non-hydrogen) atoms. The summed E-state index contributed by atoms with van der Waals surface area (Å²) in [4.78, 5) is 21.4. The number of piperidine rings is 1. The zero-order chi connectivity index (χ0) is 31.8. The monoisotopic (exact) mass is 650 g/mol. The van der Waals surface area contributed by atoms with Crippen LogP contribution in [0.5, 0.6) is 0 Å². The van der Waals surface area contributed by atoms with E-state index in [1.54, 1.807) is 41.4 Å². The zero-order valence-electron chi connectivity index (χ0n) is 23.3. The smallest absolute Gasteiger partial charge is 0.417 e. The van der Waals surface area contributed by atoms with Crippen LogP contribution in [0.3, 0.4) is 0 Å². The highest BCUT2D eigenvalue weighted by Gasteiger charge is 2.37. The molecule has 0 aliphatic carbocycles. The maximum Gasteiger partial charge on any atom is 0.417 e. The van der Waals surface area contributed by atoms with Gasteiger partial charge in [0.15, 0.2) is 0 Å². The molecule has 5 rings (SSSR count). The molecule has 0 amide bonds. The highest BCUT2D eigenvalue weighted by molar-refractivity contribution is 7.92. The van der Waals surface area contributed by atoms with E-state index in [1.165, 1.54) is 0 Å². The Hall–Kier alpha value is -3.99. The molecule has 0 bridgehead atoms. The van der Waals surface area contributed by atoms with Crippen molar-refractivity contribution in [1.29, 1.82) is 0 Å². The summed E-state index contributed by atoms with van der Waals surface area (Å²) >= 11 is 0.619. The number of aliphatic hydroxyl groups excluding tert-OH is 1. The van der Waals surface area contributed by atoms with Crippen LogP contribution >= 0.6 is 11.3 Å². The van der Waals surface area contributed by atoms with Gasteiger partial charge in [0.05, 0.1) is 23.2 Å². The Morgan fingerprint density at radius 1 is 1.18 bits per heavy atom. The molecule has 1 atom stereocenters. The van der Waals surface area contributed by atoms with Crippen LogP contribution in [0, 0.1) is 0 Å². The van der Waals surface area contributed by atoms with Crippen molar-refractivity contribution in [2.45, 2.75) is 31.2 Å². The van der Waals surface area contributed by atoms with Gasteiger partial charge in [-0.2, -0.15) is 13.2 Å². The lowest BCUT2D eigenvalue weighted by molar-refractivity contribution is -0.136. The van der Waals surface area contributed by atoms with E-state index in [2.05, 4.69) is 20.0 Å². The summed E-state index contributed by atoms with van der Waals surface area (Å²) in [6.07, 6.45) is -1.85. The van der Waals surface area contributed by atoms with E-state index in [1.807, 2.05) is 6.07 Å². The number of nitrogens with zero attached hydrogens (tertiary/aromatic N) is 3. The number of sulfonamides is 1. The number of hydrogen-bond donors (Lipinski definition) is 5. The molecule has 1 saturated heterocycles.